The van der Waals surface area contributed by atoms with E-state index in [4.69, 9.17) is 4.89 Å². The molecule has 0 atom stereocenters. The Morgan fingerprint density at radius 1 is 1.20 bits per heavy atom. The van der Waals surface area contributed by atoms with Gasteiger partial charge >= 0.3 is 11.9 Å². The molecule has 15 heavy (non-hydrogen) atoms. The van der Waals surface area contributed by atoms with Gasteiger partial charge in [-0.3, -0.25) is 4.89 Å². The van der Waals surface area contributed by atoms with Crippen LogP contribution in [0.2, 0.25) is 0 Å². The maximum absolute atomic E-state index is 9.67. The summed E-state index contributed by atoms with van der Waals surface area (Å²) in [6, 6.07) is 7.43. The first-order valence-corrected chi connectivity index (χ1v) is 4.66. The molecule has 2 heterocycles. The Morgan fingerprint density at radius 2 is 1.93 bits per heavy atom. The quantitative estimate of drug-likeness (QED) is 0.568. The first-order chi connectivity index (χ1) is 7.25. The molecule has 76 valence electrons. The Bertz CT molecular complexity index is 521. The van der Waals surface area contributed by atoms with Gasteiger partial charge in [0.15, 0.2) is 0 Å². The third kappa shape index (κ3) is 1.15. The SMILES string of the molecule is Oc1c2nc(n1-c1ccc(S)cc1)OO2. The van der Waals surface area contributed by atoms with Gasteiger partial charge in [0, 0.05) is 4.90 Å². The number of thiol groups is 1. The summed E-state index contributed by atoms with van der Waals surface area (Å²) in [4.78, 5) is 14.1. The zero-order valence-corrected chi connectivity index (χ0v) is 8.31. The van der Waals surface area contributed by atoms with E-state index in [0.717, 1.165) is 10.6 Å². The summed E-state index contributed by atoms with van der Waals surface area (Å²) < 4.78 is 1.45. The molecule has 0 saturated carbocycles. The van der Waals surface area contributed by atoms with Crippen molar-refractivity contribution in [1.82, 2.24) is 9.55 Å². The van der Waals surface area contributed by atoms with Crippen molar-refractivity contribution in [1.29, 1.82) is 0 Å². The van der Waals surface area contributed by atoms with E-state index in [2.05, 4.69) is 22.5 Å². The summed E-state index contributed by atoms with van der Waals surface area (Å²) in [5, 5.41) is 9.67. The number of hydrogen-bond donors (Lipinski definition) is 2. The molecule has 1 N–H and O–H groups in total. The maximum Gasteiger partial charge on any atom is 0.358 e. The van der Waals surface area contributed by atoms with E-state index in [9.17, 15) is 5.11 Å². The summed E-state index contributed by atoms with van der Waals surface area (Å²) >= 11 is 4.17. The molecule has 1 aliphatic rings. The molecule has 0 saturated heterocycles. The van der Waals surface area contributed by atoms with Crippen LogP contribution in [0.3, 0.4) is 0 Å². The molecule has 5 nitrogen and oxygen atoms in total. The van der Waals surface area contributed by atoms with Crippen LogP contribution in [0.15, 0.2) is 29.2 Å². The lowest BCUT2D eigenvalue weighted by Gasteiger charge is -2.09. The molecular weight excluding hydrogens is 216 g/mol. The van der Waals surface area contributed by atoms with Gasteiger partial charge in [-0.05, 0) is 24.3 Å². The normalized spacial score (nSPS) is 12.3. The van der Waals surface area contributed by atoms with E-state index in [-0.39, 0.29) is 17.8 Å². The van der Waals surface area contributed by atoms with Gasteiger partial charge in [0.2, 0.25) is 0 Å². The number of benzene rings is 1. The van der Waals surface area contributed by atoms with Crippen molar-refractivity contribution in [3.63, 3.8) is 0 Å². The Hall–Kier alpha value is -1.82. The molecule has 0 unspecified atom stereocenters. The van der Waals surface area contributed by atoms with E-state index in [1.54, 1.807) is 12.1 Å². The Morgan fingerprint density at radius 3 is 2.53 bits per heavy atom. The molecule has 0 radical (unpaired) electrons. The Balaban J connectivity index is 2.17. The summed E-state index contributed by atoms with van der Waals surface area (Å²) in [7, 11) is 0. The molecule has 2 aromatic rings. The highest BCUT2D eigenvalue weighted by Crippen LogP contribution is 2.38. The molecule has 6 heteroatoms. The van der Waals surface area contributed by atoms with E-state index in [1.165, 1.54) is 4.57 Å². The van der Waals surface area contributed by atoms with Gasteiger partial charge in [-0.15, -0.1) is 17.6 Å². The predicted octanol–water partition coefficient (Wildman–Crippen LogP) is 1.55. The van der Waals surface area contributed by atoms with Gasteiger partial charge in [-0.25, -0.2) is 9.45 Å². The van der Waals surface area contributed by atoms with Gasteiger partial charge in [-0.2, -0.15) is 0 Å². The number of rotatable bonds is 1. The molecule has 0 aliphatic carbocycles. The van der Waals surface area contributed by atoms with E-state index in [0.29, 0.717) is 0 Å². The number of imidazole rings is 1. The highest BCUT2D eigenvalue weighted by Gasteiger charge is 2.28. The van der Waals surface area contributed by atoms with E-state index >= 15 is 0 Å². The second-order valence-corrected chi connectivity index (χ2v) is 3.56. The van der Waals surface area contributed by atoms with Crippen molar-refractivity contribution in [3.05, 3.63) is 24.3 Å². The molecule has 0 fully saturated rings. The fourth-order valence-corrected chi connectivity index (χ4v) is 1.55. The number of hydrogen-bond acceptors (Lipinski definition) is 5. The van der Waals surface area contributed by atoms with Gasteiger partial charge in [-0.1, -0.05) is 0 Å². The third-order valence-electron chi connectivity index (χ3n) is 2.09. The van der Waals surface area contributed by atoms with Crippen LogP contribution >= 0.6 is 12.6 Å². The number of aromatic nitrogens is 2. The summed E-state index contributed by atoms with van der Waals surface area (Å²) in [6.45, 7) is 0. The zero-order chi connectivity index (χ0) is 10.4. The zero-order valence-electron chi connectivity index (χ0n) is 7.41. The van der Waals surface area contributed by atoms with Crippen LogP contribution in [0.5, 0.6) is 17.8 Å². The molecule has 1 aromatic carbocycles. The monoisotopic (exact) mass is 222 g/mol. The van der Waals surface area contributed by atoms with Crippen LogP contribution in [0.4, 0.5) is 0 Å². The standard InChI is InChI=1S/C9H6N2O3S/c12-8-7-10-9(14-13-7)11(8)5-1-3-6(15)4-2-5/h1-4,12,15H. The Labute approximate surface area is 90.2 Å². The summed E-state index contributed by atoms with van der Waals surface area (Å²) in [5.41, 5.74) is 0.738. The van der Waals surface area contributed by atoms with E-state index in [1.807, 2.05) is 12.1 Å². The lowest BCUT2D eigenvalue weighted by atomic mass is 10.3. The average molecular weight is 222 g/mol. The fraction of sp³-hybridized carbons (Fsp3) is 0. The topological polar surface area (TPSA) is 56.5 Å². The van der Waals surface area contributed by atoms with Crippen LogP contribution in [0.1, 0.15) is 0 Å². The maximum atomic E-state index is 9.67. The molecular formula is C9H6N2O3S. The van der Waals surface area contributed by atoms with Crippen molar-refractivity contribution in [3.8, 4) is 23.5 Å². The van der Waals surface area contributed by atoms with Crippen LogP contribution < -0.4 is 9.78 Å². The third-order valence-corrected chi connectivity index (χ3v) is 2.39. The first-order valence-electron chi connectivity index (χ1n) is 4.21. The predicted molar refractivity (Wildman–Crippen MR) is 53.7 cm³/mol. The van der Waals surface area contributed by atoms with E-state index < -0.39 is 0 Å². The average Bonchev–Trinajstić information content (AvgIpc) is 2.80. The highest BCUT2D eigenvalue weighted by molar-refractivity contribution is 7.80. The lowest BCUT2D eigenvalue weighted by Crippen LogP contribution is -2.06. The number of fused-ring (bicyclic) bond motifs is 2. The highest BCUT2D eigenvalue weighted by atomic mass is 32.1. The first kappa shape index (κ1) is 8.49. The van der Waals surface area contributed by atoms with Crippen LogP contribution in [-0.4, -0.2) is 14.7 Å². The second kappa shape index (κ2) is 2.83. The second-order valence-electron chi connectivity index (χ2n) is 3.04. The minimum absolute atomic E-state index is 0.0665. The fourth-order valence-electron chi connectivity index (χ4n) is 1.40. The van der Waals surface area contributed by atoms with Crippen molar-refractivity contribution in [2.24, 2.45) is 0 Å². The van der Waals surface area contributed by atoms with Crippen molar-refractivity contribution < 1.29 is 14.9 Å². The van der Waals surface area contributed by atoms with Crippen molar-refractivity contribution >= 4 is 12.6 Å². The minimum atomic E-state index is -0.0665. The van der Waals surface area contributed by atoms with Crippen molar-refractivity contribution in [2.45, 2.75) is 4.90 Å². The molecule has 1 aromatic heterocycles. The van der Waals surface area contributed by atoms with Gasteiger partial charge in [0.25, 0.3) is 5.88 Å². The number of nitrogens with zero attached hydrogens (tertiary/aromatic N) is 2. The van der Waals surface area contributed by atoms with Gasteiger partial charge in [0.1, 0.15) is 0 Å². The van der Waals surface area contributed by atoms with Gasteiger partial charge < -0.3 is 5.11 Å². The molecule has 3 rings (SSSR count). The van der Waals surface area contributed by atoms with Crippen LogP contribution in [0.25, 0.3) is 5.69 Å². The van der Waals surface area contributed by atoms with Crippen LogP contribution in [-0.2, 0) is 0 Å². The lowest BCUT2D eigenvalue weighted by molar-refractivity contribution is -0.101. The summed E-state index contributed by atoms with van der Waals surface area (Å²) in [5.74, 6) is 0.0168. The summed E-state index contributed by atoms with van der Waals surface area (Å²) in [6.07, 6.45) is 0. The Kier molecular flexibility index (Phi) is 1.60. The number of aromatic hydroxyl groups is 1. The molecule has 1 aliphatic heterocycles. The molecule has 0 amide bonds. The molecule has 0 spiro atoms. The largest absolute Gasteiger partial charge is 0.490 e. The van der Waals surface area contributed by atoms with Crippen LogP contribution in [0, 0.1) is 0 Å². The molecule has 2 bridgehead atoms. The smallest absolute Gasteiger partial charge is 0.358 e. The van der Waals surface area contributed by atoms with Crippen molar-refractivity contribution in [2.75, 3.05) is 0 Å². The van der Waals surface area contributed by atoms with Gasteiger partial charge in [0.05, 0.1) is 5.69 Å². The minimum Gasteiger partial charge on any atom is -0.490 e.